The molecule has 52 valence electrons. The van der Waals surface area contributed by atoms with Crippen LogP contribution >= 0.6 is 0 Å². The maximum atomic E-state index is 10.2. The predicted molar refractivity (Wildman–Crippen MR) is 33.2 cm³/mol. The van der Waals surface area contributed by atoms with Crippen LogP contribution in [0.3, 0.4) is 0 Å². The number of hydrogen-bond acceptors (Lipinski definition) is 2. The first-order valence-corrected chi connectivity index (χ1v) is 3.12. The second kappa shape index (κ2) is 1.99. The van der Waals surface area contributed by atoms with E-state index in [1.807, 2.05) is 13.8 Å². The van der Waals surface area contributed by atoms with E-state index in [4.69, 9.17) is 5.11 Å². The second-order valence-electron chi connectivity index (χ2n) is 2.75. The van der Waals surface area contributed by atoms with E-state index in [-0.39, 0.29) is 12.1 Å². The topological polar surface area (TPSA) is 59.2 Å². The molecule has 0 aromatic heterocycles. The molecule has 0 unspecified atom stereocenters. The molecule has 0 aliphatic carbocycles. The fourth-order valence-corrected chi connectivity index (χ4v) is 0.954. The van der Waals surface area contributed by atoms with Gasteiger partial charge in [-0.15, -0.1) is 0 Å². The number of hydrogen-bond donors (Lipinski definition) is 2. The van der Waals surface area contributed by atoms with Gasteiger partial charge in [0, 0.05) is 6.04 Å². The maximum absolute atomic E-state index is 10.2. The summed E-state index contributed by atoms with van der Waals surface area (Å²) < 4.78 is 0. The van der Waals surface area contributed by atoms with E-state index >= 15 is 0 Å². The van der Waals surface area contributed by atoms with Crippen molar-refractivity contribution in [3.05, 3.63) is 0 Å². The molecule has 1 aliphatic heterocycles. The first-order valence-electron chi connectivity index (χ1n) is 3.12. The van der Waals surface area contributed by atoms with E-state index in [0.717, 1.165) is 0 Å². The highest BCUT2D eigenvalue weighted by Crippen LogP contribution is 2.19. The predicted octanol–water partition coefficient (Wildman–Crippen LogP) is 0.0674. The van der Waals surface area contributed by atoms with E-state index in [2.05, 4.69) is 5.32 Å². The molecular weight excluding hydrogens is 118 g/mol. The summed E-state index contributed by atoms with van der Waals surface area (Å²) in [6.45, 7) is 4.03. The summed E-state index contributed by atoms with van der Waals surface area (Å²) in [6.07, 6.45) is 0. The summed E-state index contributed by atoms with van der Waals surface area (Å²) in [4.78, 5) is 10.2. The lowest BCUT2D eigenvalue weighted by Gasteiger charge is -1.95. The van der Waals surface area contributed by atoms with Gasteiger partial charge in [0.05, 0.1) is 0 Å². The number of carboxylic acid groups (broad SMARTS) is 1. The van der Waals surface area contributed by atoms with Gasteiger partial charge in [0.1, 0.15) is 6.04 Å². The zero-order valence-corrected chi connectivity index (χ0v) is 5.59. The van der Waals surface area contributed by atoms with E-state index in [1.54, 1.807) is 0 Å². The number of carboxylic acids is 1. The molecule has 1 rings (SSSR count). The van der Waals surface area contributed by atoms with Gasteiger partial charge in [0.15, 0.2) is 0 Å². The maximum Gasteiger partial charge on any atom is 0.322 e. The monoisotopic (exact) mass is 129 g/mol. The van der Waals surface area contributed by atoms with Crippen molar-refractivity contribution in [3.8, 4) is 0 Å². The fraction of sp³-hybridized carbons (Fsp3) is 0.833. The first kappa shape index (κ1) is 6.55. The van der Waals surface area contributed by atoms with Crippen LogP contribution in [0.5, 0.6) is 0 Å². The smallest absolute Gasteiger partial charge is 0.322 e. The van der Waals surface area contributed by atoms with Gasteiger partial charge in [0.25, 0.3) is 0 Å². The molecule has 0 amide bonds. The third-order valence-electron chi connectivity index (χ3n) is 1.61. The Morgan fingerprint density at radius 1 is 1.67 bits per heavy atom. The molecule has 9 heavy (non-hydrogen) atoms. The van der Waals surface area contributed by atoms with E-state index < -0.39 is 5.97 Å². The molecule has 2 N–H and O–H groups in total. The molecule has 0 radical (unpaired) electrons. The van der Waals surface area contributed by atoms with Gasteiger partial charge in [-0.25, -0.2) is 0 Å². The molecule has 1 saturated heterocycles. The van der Waals surface area contributed by atoms with Crippen LogP contribution in [-0.4, -0.2) is 23.2 Å². The zero-order chi connectivity index (χ0) is 7.02. The molecule has 0 aromatic rings. The van der Waals surface area contributed by atoms with Crippen LogP contribution in [0.25, 0.3) is 0 Å². The highest BCUT2D eigenvalue weighted by molar-refractivity contribution is 5.78. The fourth-order valence-electron chi connectivity index (χ4n) is 0.954. The molecule has 3 nitrogen and oxygen atoms in total. The van der Waals surface area contributed by atoms with Gasteiger partial charge in [-0.2, -0.15) is 0 Å². The summed E-state index contributed by atoms with van der Waals surface area (Å²) in [5.41, 5.74) is 0. The summed E-state index contributed by atoms with van der Waals surface area (Å²) >= 11 is 0. The summed E-state index contributed by atoms with van der Waals surface area (Å²) in [5, 5.41) is 11.3. The quantitative estimate of drug-likeness (QED) is 0.518. The van der Waals surface area contributed by atoms with Gasteiger partial charge in [0.2, 0.25) is 0 Å². The molecule has 1 heterocycles. The Labute approximate surface area is 54.1 Å². The zero-order valence-electron chi connectivity index (χ0n) is 5.59. The van der Waals surface area contributed by atoms with Crippen molar-refractivity contribution in [2.24, 2.45) is 5.92 Å². The Morgan fingerprint density at radius 2 is 2.22 bits per heavy atom. The molecule has 0 saturated carbocycles. The minimum atomic E-state index is -0.728. The van der Waals surface area contributed by atoms with Crippen LogP contribution < -0.4 is 5.32 Å². The molecule has 0 bridgehead atoms. The minimum Gasteiger partial charge on any atom is -0.480 e. The van der Waals surface area contributed by atoms with Crippen molar-refractivity contribution in [2.45, 2.75) is 25.9 Å². The highest BCUT2D eigenvalue weighted by Gasteiger charge is 2.43. The molecule has 1 fully saturated rings. The van der Waals surface area contributed by atoms with Crippen LogP contribution in [0.4, 0.5) is 0 Å². The van der Waals surface area contributed by atoms with Crippen LogP contribution in [-0.2, 0) is 4.79 Å². The van der Waals surface area contributed by atoms with E-state index in [0.29, 0.717) is 5.92 Å². The number of carbonyl (C=O) groups is 1. The third-order valence-corrected chi connectivity index (χ3v) is 1.61. The Hall–Kier alpha value is -0.570. The van der Waals surface area contributed by atoms with Crippen molar-refractivity contribution in [1.82, 2.24) is 5.32 Å². The van der Waals surface area contributed by atoms with Crippen molar-refractivity contribution in [3.63, 3.8) is 0 Å². The Bertz CT molecular complexity index is 133. The molecule has 3 heteroatoms. The molecular formula is C6H11NO2. The average Bonchev–Trinajstić information content (AvgIpc) is 2.39. The molecule has 0 spiro atoms. The lowest BCUT2D eigenvalue weighted by atomic mass is 10.1. The summed E-state index contributed by atoms with van der Waals surface area (Å²) in [5.74, 6) is -0.292. The average molecular weight is 129 g/mol. The van der Waals surface area contributed by atoms with Gasteiger partial charge < -0.3 is 5.11 Å². The van der Waals surface area contributed by atoms with Crippen LogP contribution in [0.15, 0.2) is 0 Å². The second-order valence-corrected chi connectivity index (χ2v) is 2.75. The Balaban J connectivity index is 2.33. The number of rotatable bonds is 2. The van der Waals surface area contributed by atoms with Gasteiger partial charge in [-0.3, -0.25) is 10.1 Å². The van der Waals surface area contributed by atoms with Crippen LogP contribution in [0, 0.1) is 5.92 Å². The van der Waals surface area contributed by atoms with Crippen molar-refractivity contribution in [2.75, 3.05) is 0 Å². The molecule has 2 atom stereocenters. The molecule has 0 aromatic carbocycles. The van der Waals surface area contributed by atoms with Gasteiger partial charge in [-0.1, -0.05) is 13.8 Å². The largest absolute Gasteiger partial charge is 0.480 e. The summed E-state index contributed by atoms with van der Waals surface area (Å²) in [6, 6.07) is -0.0625. The normalized spacial score (nSPS) is 32.8. The number of nitrogens with one attached hydrogen (secondary N) is 1. The molecule has 1 aliphatic rings. The first-order chi connectivity index (χ1) is 4.13. The van der Waals surface area contributed by atoms with Crippen molar-refractivity contribution >= 4 is 5.97 Å². The van der Waals surface area contributed by atoms with Crippen molar-refractivity contribution < 1.29 is 9.90 Å². The van der Waals surface area contributed by atoms with E-state index in [1.165, 1.54) is 0 Å². The van der Waals surface area contributed by atoms with Crippen LogP contribution in [0.1, 0.15) is 13.8 Å². The lowest BCUT2D eigenvalue weighted by molar-refractivity contribution is -0.136. The van der Waals surface area contributed by atoms with E-state index in [9.17, 15) is 4.79 Å². The van der Waals surface area contributed by atoms with Gasteiger partial charge in [-0.05, 0) is 5.92 Å². The van der Waals surface area contributed by atoms with Gasteiger partial charge >= 0.3 is 5.97 Å². The Morgan fingerprint density at radius 3 is 2.33 bits per heavy atom. The number of aliphatic carboxylic acids is 1. The lowest BCUT2D eigenvalue weighted by Crippen LogP contribution is -2.11. The Kier molecular flexibility index (Phi) is 1.45. The van der Waals surface area contributed by atoms with Crippen molar-refractivity contribution in [1.29, 1.82) is 0 Å². The third kappa shape index (κ3) is 1.21. The summed E-state index contributed by atoms with van der Waals surface area (Å²) in [7, 11) is 0. The highest BCUT2D eigenvalue weighted by atomic mass is 16.4. The SMILES string of the molecule is CC(C)[C@H]1N[C@H]1C(=O)O. The van der Waals surface area contributed by atoms with Crippen LogP contribution in [0.2, 0.25) is 0 Å². The minimum absolute atomic E-state index is 0.211. The standard InChI is InChI=1S/C6H11NO2/c1-3(2)4-5(7-4)6(8)9/h3-5,7H,1-2H3,(H,8,9)/t4-,5-/m1/s1.